The lowest BCUT2D eigenvalue weighted by Crippen LogP contribution is -2.41. The molecule has 0 bridgehead atoms. The van der Waals surface area contributed by atoms with E-state index in [9.17, 15) is 9.18 Å². The number of hydrogen-bond acceptors (Lipinski definition) is 2. The number of carbonyl (C=O) groups excluding carboxylic acids is 1. The molecule has 0 unspecified atom stereocenters. The van der Waals surface area contributed by atoms with Gasteiger partial charge in [0.15, 0.2) is 0 Å². The number of rotatable bonds is 5. The van der Waals surface area contributed by atoms with Crippen LogP contribution < -0.4 is 10.6 Å². The van der Waals surface area contributed by atoms with Crippen molar-refractivity contribution < 1.29 is 9.18 Å². The predicted octanol–water partition coefficient (Wildman–Crippen LogP) is 2.34. The van der Waals surface area contributed by atoms with Crippen molar-refractivity contribution in [2.45, 2.75) is 20.4 Å². The first-order chi connectivity index (χ1) is 8.36. The highest BCUT2D eigenvalue weighted by atomic mass is 35.5. The number of carbonyl (C=O) groups is 1. The van der Waals surface area contributed by atoms with E-state index in [0.717, 1.165) is 5.56 Å². The Bertz CT molecular complexity index is 435. The van der Waals surface area contributed by atoms with E-state index in [-0.39, 0.29) is 10.9 Å². The van der Waals surface area contributed by atoms with Gasteiger partial charge in [-0.05, 0) is 31.5 Å². The molecule has 2 N–H and O–H groups in total. The smallest absolute Gasteiger partial charge is 0.226 e. The van der Waals surface area contributed by atoms with E-state index in [1.54, 1.807) is 13.1 Å². The molecule has 0 aromatic heterocycles. The second kappa shape index (κ2) is 6.16. The third-order valence-corrected chi connectivity index (χ3v) is 3.03. The first-order valence-electron chi connectivity index (χ1n) is 5.73. The van der Waals surface area contributed by atoms with Gasteiger partial charge >= 0.3 is 0 Å². The summed E-state index contributed by atoms with van der Waals surface area (Å²) in [5, 5.41) is 5.86. The lowest BCUT2D eigenvalue weighted by Gasteiger charge is -2.22. The maximum atomic E-state index is 13.2. The number of halogens is 2. The van der Waals surface area contributed by atoms with E-state index >= 15 is 0 Å². The van der Waals surface area contributed by atoms with Gasteiger partial charge < -0.3 is 10.6 Å². The summed E-state index contributed by atoms with van der Waals surface area (Å²) in [6.45, 7) is 4.70. The van der Waals surface area contributed by atoms with Gasteiger partial charge in [-0.15, -0.1) is 0 Å². The molecule has 0 saturated heterocycles. The summed E-state index contributed by atoms with van der Waals surface area (Å²) in [5.74, 6) is -0.459. The normalized spacial score (nSPS) is 11.4. The van der Waals surface area contributed by atoms with Gasteiger partial charge in [0.2, 0.25) is 5.91 Å². The Kier molecular flexibility index (Phi) is 5.11. The molecular formula is C13H18ClFN2O. The standard InChI is InChI=1S/C13H18ClFN2O/c1-13(2,12(18)16-3)8-17-7-9-4-5-10(14)11(15)6-9/h4-6,17H,7-8H2,1-3H3,(H,16,18). The Labute approximate surface area is 112 Å². The van der Waals surface area contributed by atoms with Crippen LogP contribution in [-0.2, 0) is 11.3 Å². The third kappa shape index (κ3) is 3.96. The zero-order valence-electron chi connectivity index (χ0n) is 10.8. The second-order valence-electron chi connectivity index (χ2n) is 4.82. The summed E-state index contributed by atoms with van der Waals surface area (Å²) in [5.41, 5.74) is 0.296. The van der Waals surface area contributed by atoms with Crippen LogP contribution in [0, 0.1) is 11.2 Å². The Morgan fingerprint density at radius 1 is 1.44 bits per heavy atom. The molecule has 0 aliphatic heterocycles. The average molecular weight is 273 g/mol. The van der Waals surface area contributed by atoms with Crippen molar-refractivity contribution in [3.63, 3.8) is 0 Å². The average Bonchev–Trinajstić information content (AvgIpc) is 2.32. The fourth-order valence-electron chi connectivity index (χ4n) is 1.59. The van der Waals surface area contributed by atoms with Gasteiger partial charge in [0.05, 0.1) is 10.4 Å². The van der Waals surface area contributed by atoms with Crippen LogP contribution in [-0.4, -0.2) is 19.5 Å². The molecular weight excluding hydrogens is 255 g/mol. The van der Waals surface area contributed by atoms with Crippen LogP contribution in [0.3, 0.4) is 0 Å². The van der Waals surface area contributed by atoms with E-state index in [1.807, 2.05) is 13.8 Å². The number of benzene rings is 1. The molecule has 0 heterocycles. The summed E-state index contributed by atoms with van der Waals surface area (Å²) in [6, 6.07) is 4.67. The molecule has 5 heteroatoms. The van der Waals surface area contributed by atoms with Crippen molar-refractivity contribution in [2.24, 2.45) is 5.41 Å². The fourth-order valence-corrected chi connectivity index (χ4v) is 1.71. The minimum absolute atomic E-state index is 0.0303. The van der Waals surface area contributed by atoms with Gasteiger partial charge in [0.25, 0.3) is 0 Å². The highest BCUT2D eigenvalue weighted by Gasteiger charge is 2.25. The summed E-state index contributed by atoms with van der Waals surface area (Å²) in [7, 11) is 1.61. The molecule has 0 radical (unpaired) electrons. The van der Waals surface area contributed by atoms with Gasteiger partial charge in [-0.1, -0.05) is 17.7 Å². The molecule has 18 heavy (non-hydrogen) atoms. The van der Waals surface area contributed by atoms with Crippen molar-refractivity contribution in [1.82, 2.24) is 10.6 Å². The molecule has 0 fully saturated rings. The SMILES string of the molecule is CNC(=O)C(C)(C)CNCc1ccc(Cl)c(F)c1. The van der Waals surface area contributed by atoms with Crippen molar-refractivity contribution in [3.05, 3.63) is 34.6 Å². The molecule has 0 saturated carbocycles. The van der Waals surface area contributed by atoms with Crippen molar-refractivity contribution >= 4 is 17.5 Å². The predicted molar refractivity (Wildman–Crippen MR) is 71.0 cm³/mol. The van der Waals surface area contributed by atoms with Crippen molar-refractivity contribution in [3.8, 4) is 0 Å². The first-order valence-corrected chi connectivity index (χ1v) is 6.11. The minimum atomic E-state index is -0.500. The maximum absolute atomic E-state index is 13.2. The van der Waals surface area contributed by atoms with Gasteiger partial charge in [-0.25, -0.2) is 4.39 Å². The Morgan fingerprint density at radius 3 is 2.67 bits per heavy atom. The molecule has 0 aliphatic carbocycles. The van der Waals surface area contributed by atoms with Crippen LogP contribution in [0.4, 0.5) is 4.39 Å². The number of nitrogens with one attached hydrogen (secondary N) is 2. The van der Waals surface area contributed by atoms with E-state index in [4.69, 9.17) is 11.6 Å². The quantitative estimate of drug-likeness (QED) is 0.864. The Hall–Kier alpha value is -1.13. The van der Waals surface area contributed by atoms with Gasteiger partial charge in [0.1, 0.15) is 5.82 Å². The van der Waals surface area contributed by atoms with Crippen LogP contribution in [0.5, 0.6) is 0 Å². The van der Waals surface area contributed by atoms with Crippen LogP contribution in [0.1, 0.15) is 19.4 Å². The topological polar surface area (TPSA) is 41.1 Å². The lowest BCUT2D eigenvalue weighted by atomic mass is 9.92. The van der Waals surface area contributed by atoms with Crippen molar-refractivity contribution in [1.29, 1.82) is 0 Å². The third-order valence-electron chi connectivity index (χ3n) is 2.72. The zero-order chi connectivity index (χ0) is 13.8. The highest BCUT2D eigenvalue weighted by Crippen LogP contribution is 2.16. The lowest BCUT2D eigenvalue weighted by molar-refractivity contribution is -0.128. The Balaban J connectivity index is 2.51. The summed E-state index contributed by atoms with van der Waals surface area (Å²) in [6.07, 6.45) is 0. The van der Waals surface area contributed by atoms with Crippen LogP contribution in [0.15, 0.2) is 18.2 Å². The first kappa shape index (κ1) is 14.9. The van der Waals surface area contributed by atoms with Crippen molar-refractivity contribution in [2.75, 3.05) is 13.6 Å². The van der Waals surface area contributed by atoms with E-state index < -0.39 is 11.2 Å². The molecule has 1 aromatic carbocycles. The van der Waals surface area contributed by atoms with E-state index in [1.165, 1.54) is 12.1 Å². The fraction of sp³-hybridized carbons (Fsp3) is 0.462. The van der Waals surface area contributed by atoms with Gasteiger partial charge in [-0.2, -0.15) is 0 Å². The molecule has 0 aliphatic rings. The van der Waals surface area contributed by atoms with E-state index in [2.05, 4.69) is 10.6 Å². The maximum Gasteiger partial charge on any atom is 0.226 e. The molecule has 1 amide bonds. The zero-order valence-corrected chi connectivity index (χ0v) is 11.6. The molecule has 3 nitrogen and oxygen atoms in total. The monoisotopic (exact) mass is 272 g/mol. The molecule has 0 spiro atoms. The highest BCUT2D eigenvalue weighted by molar-refractivity contribution is 6.30. The minimum Gasteiger partial charge on any atom is -0.359 e. The number of hydrogen-bond donors (Lipinski definition) is 2. The molecule has 1 rings (SSSR count). The van der Waals surface area contributed by atoms with Crippen LogP contribution >= 0.6 is 11.6 Å². The molecule has 0 atom stereocenters. The largest absolute Gasteiger partial charge is 0.359 e. The van der Waals surface area contributed by atoms with Crippen LogP contribution in [0.2, 0.25) is 5.02 Å². The van der Waals surface area contributed by atoms with E-state index in [0.29, 0.717) is 13.1 Å². The molecule has 1 aromatic rings. The Morgan fingerprint density at radius 2 is 2.11 bits per heavy atom. The second-order valence-corrected chi connectivity index (χ2v) is 5.22. The summed E-state index contributed by atoms with van der Waals surface area (Å²) in [4.78, 5) is 11.5. The summed E-state index contributed by atoms with van der Waals surface area (Å²) < 4.78 is 13.2. The van der Waals surface area contributed by atoms with Gasteiger partial charge in [-0.3, -0.25) is 4.79 Å². The summed E-state index contributed by atoms with van der Waals surface area (Å²) >= 11 is 5.60. The van der Waals surface area contributed by atoms with Gasteiger partial charge in [0, 0.05) is 20.1 Å². The van der Waals surface area contributed by atoms with Crippen LogP contribution in [0.25, 0.3) is 0 Å². The number of amides is 1. The molecule has 100 valence electrons.